The Hall–Kier alpha value is 0.664. The van der Waals surface area contributed by atoms with Crippen LogP contribution in [0, 0.1) is 0 Å². The fourth-order valence-electron chi connectivity index (χ4n) is 2.39. The van der Waals surface area contributed by atoms with Gasteiger partial charge >= 0.3 is 8.80 Å². The molecule has 0 radical (unpaired) electrons. The molecule has 3 nitrogen and oxygen atoms in total. The largest absolute Gasteiger partial charge is 0.500 e. The molecule has 0 fully saturated rings. The molecule has 0 amide bonds. The lowest BCUT2D eigenvalue weighted by molar-refractivity contribution is 0.123. The van der Waals surface area contributed by atoms with Crippen LogP contribution in [0.25, 0.3) is 0 Å². The van der Waals surface area contributed by atoms with E-state index in [0.717, 1.165) is 12.5 Å². The molecule has 0 spiro atoms. The lowest BCUT2D eigenvalue weighted by Crippen LogP contribution is -2.43. The number of thiol groups is 1. The van der Waals surface area contributed by atoms with E-state index in [4.69, 9.17) is 13.3 Å². The van der Waals surface area contributed by atoms with Gasteiger partial charge in [0.15, 0.2) is 0 Å². The standard InChI is InChI=1S/C12H32O3SSi2/c1-12(2,3)16(17(7)8)10-9-11-18(13-4,14-5)15-6/h16-17H,9-11H2,1-8H3. The van der Waals surface area contributed by atoms with Crippen molar-refractivity contribution in [3.8, 4) is 0 Å². The highest BCUT2D eigenvalue weighted by Gasteiger charge is 2.37. The van der Waals surface area contributed by atoms with E-state index in [1.165, 1.54) is 5.75 Å². The predicted octanol–water partition coefficient (Wildman–Crippen LogP) is 3.04. The first-order valence-electron chi connectivity index (χ1n) is 6.64. The minimum absolute atomic E-state index is 0.166. The summed E-state index contributed by atoms with van der Waals surface area (Å²) < 4.78 is 16.9. The molecule has 0 N–H and O–H groups in total. The van der Waals surface area contributed by atoms with Gasteiger partial charge in [0.05, 0.1) is 7.95 Å². The van der Waals surface area contributed by atoms with Crippen LogP contribution in [0.3, 0.4) is 0 Å². The summed E-state index contributed by atoms with van der Waals surface area (Å²) in [6, 6.07) is 0.937. The van der Waals surface area contributed by atoms with E-state index < -0.39 is 16.8 Å². The van der Waals surface area contributed by atoms with E-state index in [1.54, 1.807) is 21.3 Å². The smallest absolute Gasteiger partial charge is 0.377 e. The molecular formula is C12H32O3SSi2. The van der Waals surface area contributed by atoms with Gasteiger partial charge in [0.2, 0.25) is 0 Å². The lowest BCUT2D eigenvalue weighted by Gasteiger charge is -2.38. The van der Waals surface area contributed by atoms with Crippen molar-refractivity contribution in [1.29, 1.82) is 0 Å². The van der Waals surface area contributed by atoms with Crippen LogP contribution in [0.2, 0.25) is 19.1 Å². The molecule has 0 saturated carbocycles. The maximum Gasteiger partial charge on any atom is 0.500 e. The summed E-state index contributed by atoms with van der Waals surface area (Å²) in [6.07, 6.45) is 1.16. The molecule has 0 saturated heterocycles. The highest BCUT2D eigenvalue weighted by atomic mass is 32.4. The van der Waals surface area contributed by atoms with Gasteiger partial charge in [-0.1, -0.05) is 33.9 Å². The first-order valence-corrected chi connectivity index (χ1v) is 14.0. The van der Waals surface area contributed by atoms with Crippen molar-refractivity contribution in [2.45, 2.75) is 51.1 Å². The molecule has 0 bridgehead atoms. The first kappa shape index (κ1) is 18.7. The quantitative estimate of drug-likeness (QED) is 0.551. The summed E-state index contributed by atoms with van der Waals surface area (Å²) >= 11 is 0. The average molecular weight is 313 g/mol. The number of hydrogen-bond acceptors (Lipinski definition) is 3. The van der Waals surface area contributed by atoms with Crippen LogP contribution in [0.5, 0.6) is 0 Å². The molecule has 0 rings (SSSR count). The van der Waals surface area contributed by atoms with Crippen molar-refractivity contribution >= 4 is 27.1 Å². The summed E-state index contributed by atoms with van der Waals surface area (Å²) in [5, 5.41) is 0. The van der Waals surface area contributed by atoms with Gasteiger partial charge in [-0.3, -0.25) is 10.3 Å². The molecule has 0 aliphatic heterocycles. The van der Waals surface area contributed by atoms with E-state index in [9.17, 15) is 0 Å². The fourth-order valence-corrected chi connectivity index (χ4v) is 14.4. The Morgan fingerprint density at radius 2 is 1.44 bits per heavy atom. The van der Waals surface area contributed by atoms with E-state index in [-0.39, 0.29) is 10.3 Å². The van der Waals surface area contributed by atoms with Gasteiger partial charge in [0.25, 0.3) is 0 Å². The Labute approximate surface area is 119 Å². The van der Waals surface area contributed by atoms with Crippen LogP contribution in [0.15, 0.2) is 0 Å². The van der Waals surface area contributed by atoms with Crippen LogP contribution >= 0.6 is 10.3 Å². The van der Waals surface area contributed by atoms with Crippen molar-refractivity contribution in [3.63, 3.8) is 0 Å². The molecule has 0 aromatic rings. The van der Waals surface area contributed by atoms with Crippen molar-refractivity contribution in [2.24, 2.45) is 0 Å². The predicted molar refractivity (Wildman–Crippen MR) is 88.7 cm³/mol. The van der Waals surface area contributed by atoms with Gasteiger partial charge < -0.3 is 13.3 Å². The summed E-state index contributed by atoms with van der Waals surface area (Å²) in [5.74, 6) is 1.33. The van der Waals surface area contributed by atoms with Gasteiger partial charge in [-0.15, -0.1) is 0 Å². The molecule has 18 heavy (non-hydrogen) atoms. The molecule has 112 valence electrons. The normalized spacial score (nSPS) is 16.2. The number of hydrogen-bond donors (Lipinski definition) is 1. The van der Waals surface area contributed by atoms with Crippen LogP contribution in [0.1, 0.15) is 27.2 Å². The Bertz CT molecular complexity index is 220. The van der Waals surface area contributed by atoms with E-state index in [0.29, 0.717) is 4.75 Å². The molecule has 0 aromatic carbocycles. The monoisotopic (exact) mass is 312 g/mol. The van der Waals surface area contributed by atoms with Crippen LogP contribution in [-0.4, -0.2) is 48.6 Å². The zero-order chi connectivity index (χ0) is 14.4. The second-order valence-corrected chi connectivity index (χ2v) is 18.8. The Balaban J connectivity index is 4.38. The van der Waals surface area contributed by atoms with Gasteiger partial charge in [0, 0.05) is 27.4 Å². The minimum Gasteiger partial charge on any atom is -0.377 e. The molecule has 0 aromatic heterocycles. The molecule has 0 heterocycles. The fraction of sp³-hybridized carbons (Fsp3) is 1.00. The third-order valence-electron chi connectivity index (χ3n) is 3.30. The molecular weight excluding hydrogens is 280 g/mol. The maximum atomic E-state index is 5.48. The zero-order valence-corrected chi connectivity index (χ0v) is 16.4. The van der Waals surface area contributed by atoms with Gasteiger partial charge in [-0.25, -0.2) is 0 Å². The third-order valence-corrected chi connectivity index (χ3v) is 16.7. The molecule has 6 heteroatoms. The Kier molecular flexibility index (Phi) is 8.36. The average Bonchev–Trinajstić information content (AvgIpc) is 2.28. The molecule has 1 atom stereocenters. The minimum atomic E-state index is -2.35. The van der Waals surface area contributed by atoms with Gasteiger partial charge in [-0.05, 0) is 16.9 Å². The van der Waals surface area contributed by atoms with E-state index in [1.807, 2.05) is 0 Å². The lowest BCUT2D eigenvalue weighted by atomic mass is 10.3. The Morgan fingerprint density at radius 3 is 1.72 bits per heavy atom. The molecule has 0 aliphatic carbocycles. The topological polar surface area (TPSA) is 27.7 Å². The van der Waals surface area contributed by atoms with Crippen molar-refractivity contribution in [2.75, 3.05) is 27.1 Å². The third kappa shape index (κ3) is 5.75. The second-order valence-electron chi connectivity index (χ2n) is 5.86. The van der Waals surface area contributed by atoms with Crippen LogP contribution in [0.4, 0.5) is 0 Å². The van der Waals surface area contributed by atoms with Crippen molar-refractivity contribution < 1.29 is 13.3 Å². The van der Waals surface area contributed by atoms with Gasteiger partial charge in [-0.2, -0.15) is 0 Å². The summed E-state index contributed by atoms with van der Waals surface area (Å²) in [5.41, 5.74) is 0. The zero-order valence-electron chi connectivity index (χ0n) is 13.4. The van der Waals surface area contributed by atoms with Crippen molar-refractivity contribution in [1.82, 2.24) is 0 Å². The maximum absolute atomic E-state index is 5.48. The molecule has 0 aliphatic rings. The SMILES string of the molecule is CO[Si](CCC[SH]([SiH](C)C)C(C)(C)C)(OC)OC. The summed E-state index contributed by atoms with van der Waals surface area (Å²) in [4.78, 5) is 0. The molecule has 1 unspecified atom stereocenters. The number of rotatable bonds is 8. The van der Waals surface area contributed by atoms with E-state index >= 15 is 0 Å². The Morgan fingerprint density at radius 1 is 1.00 bits per heavy atom. The highest BCUT2D eigenvalue weighted by molar-refractivity contribution is 8.40. The summed E-state index contributed by atoms with van der Waals surface area (Å²) in [7, 11) is 2.34. The van der Waals surface area contributed by atoms with Gasteiger partial charge in [0.1, 0.15) is 0 Å². The van der Waals surface area contributed by atoms with Crippen LogP contribution in [-0.2, 0) is 13.3 Å². The summed E-state index contributed by atoms with van der Waals surface area (Å²) in [6.45, 7) is 12.1. The second kappa shape index (κ2) is 8.06. The van der Waals surface area contributed by atoms with Crippen molar-refractivity contribution in [3.05, 3.63) is 0 Å². The first-order chi connectivity index (χ1) is 8.22. The van der Waals surface area contributed by atoms with Crippen LogP contribution < -0.4 is 0 Å². The highest BCUT2D eigenvalue weighted by Crippen LogP contribution is 2.43. The van der Waals surface area contributed by atoms with E-state index in [2.05, 4.69) is 33.9 Å².